The number of benzene rings is 2. The van der Waals surface area contributed by atoms with E-state index in [9.17, 15) is 5.11 Å². The number of hydrogen-bond acceptors (Lipinski definition) is 3. The van der Waals surface area contributed by atoms with Gasteiger partial charge in [0.1, 0.15) is 17.2 Å². The molecule has 0 saturated carbocycles. The molecule has 2 aromatic rings. The van der Waals surface area contributed by atoms with Crippen LogP contribution >= 0.6 is 11.6 Å². The van der Waals surface area contributed by atoms with E-state index in [0.717, 1.165) is 11.3 Å². The van der Waals surface area contributed by atoms with E-state index in [0.29, 0.717) is 10.7 Å². The molecule has 0 bridgehead atoms. The van der Waals surface area contributed by atoms with E-state index < -0.39 is 0 Å². The van der Waals surface area contributed by atoms with Crippen molar-refractivity contribution in [1.82, 2.24) is 0 Å². The van der Waals surface area contributed by atoms with Crippen LogP contribution in [0.25, 0.3) is 6.08 Å². The first kappa shape index (κ1) is 14.2. The number of aromatic hydroxyl groups is 1. The number of rotatable bonds is 4. The number of nitrogens with zero attached hydrogens (tertiary/aromatic N) is 1. The monoisotopic (exact) mass is 287 g/mol. The van der Waals surface area contributed by atoms with Gasteiger partial charge in [-0.1, -0.05) is 23.7 Å². The summed E-state index contributed by atoms with van der Waals surface area (Å²) < 4.78 is 5.24. The van der Waals surface area contributed by atoms with Crippen molar-refractivity contribution in [2.75, 3.05) is 7.11 Å². The summed E-state index contributed by atoms with van der Waals surface area (Å²) in [4.78, 5) is 4.16. The molecule has 3 nitrogen and oxygen atoms in total. The quantitative estimate of drug-likeness (QED) is 0.843. The first-order valence-electron chi connectivity index (χ1n) is 6.03. The Morgan fingerprint density at radius 3 is 2.75 bits per heavy atom. The number of hydrogen-bond donors (Lipinski definition) is 1. The minimum Gasteiger partial charge on any atom is -0.506 e. The molecule has 102 valence electrons. The van der Waals surface area contributed by atoms with Gasteiger partial charge < -0.3 is 9.84 Å². The molecule has 0 aromatic heterocycles. The van der Waals surface area contributed by atoms with Crippen LogP contribution in [0, 0.1) is 0 Å². The molecular formula is C16H14ClNO2. The topological polar surface area (TPSA) is 41.8 Å². The Morgan fingerprint density at radius 1 is 1.20 bits per heavy atom. The summed E-state index contributed by atoms with van der Waals surface area (Å²) in [5.41, 5.74) is 1.39. The van der Waals surface area contributed by atoms with Crippen LogP contribution in [0.5, 0.6) is 11.5 Å². The van der Waals surface area contributed by atoms with Crippen LogP contribution in [0.3, 0.4) is 0 Å². The third-order valence-electron chi connectivity index (χ3n) is 2.65. The third-order valence-corrected chi connectivity index (χ3v) is 2.88. The van der Waals surface area contributed by atoms with Crippen LogP contribution in [0.4, 0.5) is 5.69 Å². The lowest BCUT2D eigenvalue weighted by molar-refractivity contribution is 0.414. The number of phenolic OH excluding ortho intramolecular Hbond substituents is 1. The Balaban J connectivity index is 2.14. The molecular weight excluding hydrogens is 274 g/mol. The van der Waals surface area contributed by atoms with E-state index in [4.69, 9.17) is 16.3 Å². The Morgan fingerprint density at radius 2 is 2.00 bits per heavy atom. The zero-order valence-corrected chi connectivity index (χ0v) is 11.7. The molecule has 2 aromatic carbocycles. The minimum absolute atomic E-state index is 0.150. The highest BCUT2D eigenvalue weighted by atomic mass is 35.5. The number of ether oxygens (including phenoxy) is 1. The van der Waals surface area contributed by atoms with Gasteiger partial charge in [-0.05, 0) is 42.5 Å². The van der Waals surface area contributed by atoms with Crippen LogP contribution in [0.2, 0.25) is 5.02 Å². The predicted octanol–water partition coefficient (Wildman–Crippen LogP) is 4.47. The van der Waals surface area contributed by atoms with Crippen LogP contribution in [0.1, 0.15) is 5.56 Å². The highest BCUT2D eigenvalue weighted by molar-refractivity contribution is 6.30. The first-order chi connectivity index (χ1) is 9.70. The summed E-state index contributed by atoms with van der Waals surface area (Å²) in [6.07, 6.45) is 5.21. The van der Waals surface area contributed by atoms with Crippen LogP contribution in [-0.2, 0) is 0 Å². The van der Waals surface area contributed by atoms with E-state index in [2.05, 4.69) is 4.99 Å². The molecule has 0 unspecified atom stereocenters. The van der Waals surface area contributed by atoms with Gasteiger partial charge in [-0.2, -0.15) is 0 Å². The van der Waals surface area contributed by atoms with Crippen molar-refractivity contribution in [3.05, 3.63) is 59.1 Å². The summed E-state index contributed by atoms with van der Waals surface area (Å²) >= 11 is 5.95. The SMILES string of the molecule is COc1ccc(Cl)cc1C=CC=Nc1ccccc1O. The molecule has 1 N–H and O–H groups in total. The molecule has 0 aliphatic carbocycles. The fraction of sp³-hybridized carbons (Fsp3) is 0.0625. The summed E-state index contributed by atoms with van der Waals surface area (Å²) in [6, 6.07) is 12.3. The average Bonchev–Trinajstić information content (AvgIpc) is 2.45. The minimum atomic E-state index is 0.150. The van der Waals surface area contributed by atoms with Crippen molar-refractivity contribution < 1.29 is 9.84 Å². The van der Waals surface area contributed by atoms with E-state index in [1.54, 1.807) is 43.7 Å². The first-order valence-corrected chi connectivity index (χ1v) is 6.41. The van der Waals surface area contributed by atoms with Crippen LogP contribution < -0.4 is 4.74 Å². The maximum Gasteiger partial charge on any atom is 0.141 e. The maximum absolute atomic E-state index is 9.57. The van der Waals surface area contributed by atoms with Crippen molar-refractivity contribution in [3.8, 4) is 11.5 Å². The Labute approximate surface area is 122 Å². The molecule has 0 atom stereocenters. The summed E-state index contributed by atoms with van der Waals surface area (Å²) in [5, 5.41) is 10.2. The van der Waals surface area contributed by atoms with Crippen molar-refractivity contribution in [2.24, 2.45) is 4.99 Å². The summed E-state index contributed by atoms with van der Waals surface area (Å²) in [5.74, 6) is 0.888. The average molecular weight is 288 g/mol. The van der Waals surface area contributed by atoms with Gasteiger partial charge in [-0.3, -0.25) is 4.99 Å². The number of methoxy groups -OCH3 is 1. The maximum atomic E-state index is 9.57. The number of aliphatic imine (C=N–C) groups is 1. The Bertz CT molecular complexity index is 651. The second-order valence-corrected chi connectivity index (χ2v) is 4.45. The summed E-state index contributed by atoms with van der Waals surface area (Å²) in [6.45, 7) is 0. The second-order valence-electron chi connectivity index (χ2n) is 4.01. The van der Waals surface area contributed by atoms with Crippen molar-refractivity contribution in [1.29, 1.82) is 0 Å². The molecule has 0 heterocycles. The van der Waals surface area contributed by atoms with E-state index in [1.807, 2.05) is 24.3 Å². The normalized spacial score (nSPS) is 11.3. The Hall–Kier alpha value is -2.26. The van der Waals surface area contributed by atoms with Crippen LogP contribution in [-0.4, -0.2) is 18.4 Å². The zero-order valence-electron chi connectivity index (χ0n) is 11.0. The fourth-order valence-electron chi connectivity index (χ4n) is 1.68. The van der Waals surface area contributed by atoms with Crippen molar-refractivity contribution in [3.63, 3.8) is 0 Å². The molecule has 4 heteroatoms. The van der Waals surface area contributed by atoms with Gasteiger partial charge in [-0.15, -0.1) is 0 Å². The van der Waals surface area contributed by atoms with Gasteiger partial charge in [0, 0.05) is 16.8 Å². The van der Waals surface area contributed by atoms with E-state index >= 15 is 0 Å². The molecule has 0 spiro atoms. The van der Waals surface area contributed by atoms with Crippen LogP contribution in [0.15, 0.2) is 53.5 Å². The lowest BCUT2D eigenvalue weighted by Gasteiger charge is -2.04. The number of halogens is 1. The van der Waals surface area contributed by atoms with Gasteiger partial charge in [0.2, 0.25) is 0 Å². The highest BCUT2D eigenvalue weighted by Crippen LogP contribution is 2.25. The summed E-state index contributed by atoms with van der Waals surface area (Å²) in [7, 11) is 1.61. The smallest absolute Gasteiger partial charge is 0.141 e. The fourth-order valence-corrected chi connectivity index (χ4v) is 1.86. The highest BCUT2D eigenvalue weighted by Gasteiger charge is 1.99. The molecule has 2 rings (SSSR count). The van der Waals surface area contributed by atoms with Gasteiger partial charge in [0.15, 0.2) is 0 Å². The van der Waals surface area contributed by atoms with Gasteiger partial charge >= 0.3 is 0 Å². The molecule has 0 saturated heterocycles. The lowest BCUT2D eigenvalue weighted by atomic mass is 10.2. The molecule has 20 heavy (non-hydrogen) atoms. The van der Waals surface area contributed by atoms with Crippen molar-refractivity contribution in [2.45, 2.75) is 0 Å². The molecule has 0 radical (unpaired) electrons. The molecule has 0 amide bonds. The van der Waals surface area contributed by atoms with Gasteiger partial charge in [0.25, 0.3) is 0 Å². The molecule has 0 aliphatic rings. The lowest BCUT2D eigenvalue weighted by Crippen LogP contribution is -1.86. The number of phenols is 1. The number of para-hydroxylation sites is 2. The molecule has 0 fully saturated rings. The predicted molar refractivity (Wildman–Crippen MR) is 83.3 cm³/mol. The zero-order chi connectivity index (χ0) is 14.4. The standard InChI is InChI=1S/C16H14ClNO2/c1-20-16-9-8-13(17)11-12(16)5-4-10-18-14-6-2-3-7-15(14)19/h2-11,19H,1H3. The number of allylic oxidation sites excluding steroid dienone is 1. The third kappa shape index (κ3) is 3.62. The van der Waals surface area contributed by atoms with Gasteiger partial charge in [0.05, 0.1) is 7.11 Å². The largest absolute Gasteiger partial charge is 0.506 e. The van der Waals surface area contributed by atoms with Crippen molar-refractivity contribution >= 4 is 29.6 Å². The molecule has 0 aliphatic heterocycles. The van der Waals surface area contributed by atoms with E-state index in [1.165, 1.54) is 0 Å². The van der Waals surface area contributed by atoms with E-state index in [-0.39, 0.29) is 5.75 Å². The Kier molecular flexibility index (Phi) is 4.80. The van der Waals surface area contributed by atoms with Gasteiger partial charge in [-0.25, -0.2) is 0 Å². The second kappa shape index (κ2) is 6.78.